The molecular formula is C16H19NO2. The van der Waals surface area contributed by atoms with E-state index in [1.807, 2.05) is 44.2 Å². The summed E-state index contributed by atoms with van der Waals surface area (Å²) in [4.78, 5) is 15.7. The van der Waals surface area contributed by atoms with Gasteiger partial charge in [-0.3, -0.25) is 4.79 Å². The Hall–Kier alpha value is -2.16. The monoisotopic (exact) mass is 257 g/mol. The van der Waals surface area contributed by atoms with E-state index in [1.165, 1.54) is 6.92 Å². The topological polar surface area (TPSA) is 39.2 Å². The third-order valence-electron chi connectivity index (χ3n) is 2.49. The first-order chi connectivity index (χ1) is 9.20. The first kappa shape index (κ1) is 14.9. The average Bonchev–Trinajstić information content (AvgIpc) is 2.49. The normalized spacial score (nSPS) is 9.26. The number of nitrogens with zero attached hydrogens (tertiary/aromatic N) is 1. The lowest BCUT2D eigenvalue weighted by atomic mass is 10.1. The lowest BCUT2D eigenvalue weighted by Gasteiger charge is -2.06. The van der Waals surface area contributed by atoms with E-state index in [0.29, 0.717) is 11.4 Å². The number of carbonyl (C=O) groups is 1. The van der Waals surface area contributed by atoms with Gasteiger partial charge in [-0.2, -0.15) is 0 Å². The highest BCUT2D eigenvalue weighted by Gasteiger charge is 2.07. The Morgan fingerprint density at radius 3 is 2.26 bits per heavy atom. The van der Waals surface area contributed by atoms with Crippen molar-refractivity contribution < 1.29 is 9.53 Å². The van der Waals surface area contributed by atoms with Crippen LogP contribution in [0.1, 0.15) is 31.1 Å². The molecule has 0 aliphatic heterocycles. The van der Waals surface area contributed by atoms with Gasteiger partial charge >= 0.3 is 0 Å². The Morgan fingerprint density at radius 1 is 1.11 bits per heavy atom. The van der Waals surface area contributed by atoms with Gasteiger partial charge in [-0.1, -0.05) is 44.2 Å². The third-order valence-corrected chi connectivity index (χ3v) is 2.49. The van der Waals surface area contributed by atoms with Gasteiger partial charge in [0.1, 0.15) is 0 Å². The number of aromatic nitrogens is 1. The maximum Gasteiger partial charge on any atom is 0.214 e. The van der Waals surface area contributed by atoms with Crippen molar-refractivity contribution in [3.05, 3.63) is 48.0 Å². The van der Waals surface area contributed by atoms with Crippen molar-refractivity contribution in [2.75, 3.05) is 7.11 Å². The summed E-state index contributed by atoms with van der Waals surface area (Å²) < 4.78 is 5.10. The lowest BCUT2D eigenvalue weighted by molar-refractivity contribution is 0.101. The summed E-state index contributed by atoms with van der Waals surface area (Å²) in [5.74, 6) is 0.458. The van der Waals surface area contributed by atoms with Crippen molar-refractivity contribution in [2.24, 2.45) is 0 Å². The molecule has 2 rings (SSSR count). The summed E-state index contributed by atoms with van der Waals surface area (Å²) in [6.45, 7) is 5.53. The molecule has 0 unspecified atom stereocenters. The van der Waals surface area contributed by atoms with E-state index in [0.717, 1.165) is 11.3 Å². The molecule has 0 atom stereocenters. The quantitative estimate of drug-likeness (QED) is 0.780. The van der Waals surface area contributed by atoms with Gasteiger partial charge in [0, 0.05) is 17.2 Å². The van der Waals surface area contributed by atoms with Crippen LogP contribution >= 0.6 is 0 Å². The molecule has 3 heteroatoms. The van der Waals surface area contributed by atoms with Crippen LogP contribution in [0.4, 0.5) is 0 Å². The van der Waals surface area contributed by atoms with E-state index < -0.39 is 0 Å². The first-order valence-corrected chi connectivity index (χ1v) is 6.33. The molecule has 0 saturated heterocycles. The van der Waals surface area contributed by atoms with Crippen molar-refractivity contribution in [1.29, 1.82) is 0 Å². The second-order valence-electron chi connectivity index (χ2n) is 3.71. The molecule has 0 fully saturated rings. The number of hydrogen-bond acceptors (Lipinski definition) is 3. The first-order valence-electron chi connectivity index (χ1n) is 6.33. The standard InChI is InChI=1S/C14H13NO2.C2H6/c1-10(16)12-8-13(15-14(9-12)17-2)11-6-4-3-5-7-11;1-2/h3-9H,1-2H3;1-2H3. The molecule has 3 nitrogen and oxygen atoms in total. The molecule has 0 radical (unpaired) electrons. The highest BCUT2D eigenvalue weighted by atomic mass is 16.5. The highest BCUT2D eigenvalue weighted by molar-refractivity contribution is 5.95. The number of hydrogen-bond donors (Lipinski definition) is 0. The molecule has 1 aromatic heterocycles. The van der Waals surface area contributed by atoms with Crippen LogP contribution in [0.25, 0.3) is 11.3 Å². The van der Waals surface area contributed by atoms with Crippen LogP contribution in [0, 0.1) is 0 Å². The molecule has 2 aromatic rings. The molecule has 0 N–H and O–H groups in total. The molecule has 0 aliphatic carbocycles. The van der Waals surface area contributed by atoms with Gasteiger partial charge < -0.3 is 4.74 Å². The van der Waals surface area contributed by atoms with Crippen molar-refractivity contribution >= 4 is 5.78 Å². The zero-order valence-corrected chi connectivity index (χ0v) is 11.8. The van der Waals surface area contributed by atoms with E-state index >= 15 is 0 Å². The molecule has 0 aliphatic rings. The molecule has 0 saturated carbocycles. The molecule has 0 bridgehead atoms. The lowest BCUT2D eigenvalue weighted by Crippen LogP contribution is -1.97. The predicted octanol–water partition coefficient (Wildman–Crippen LogP) is 3.99. The second kappa shape index (κ2) is 7.31. The van der Waals surface area contributed by atoms with Crippen LogP contribution in [0.2, 0.25) is 0 Å². The molecular weight excluding hydrogens is 238 g/mol. The molecule has 1 aromatic carbocycles. The number of rotatable bonds is 3. The van der Waals surface area contributed by atoms with Crippen molar-refractivity contribution in [2.45, 2.75) is 20.8 Å². The fourth-order valence-electron chi connectivity index (χ4n) is 1.57. The van der Waals surface area contributed by atoms with Crippen LogP contribution in [-0.4, -0.2) is 17.9 Å². The van der Waals surface area contributed by atoms with E-state index in [4.69, 9.17) is 4.74 Å². The summed E-state index contributed by atoms with van der Waals surface area (Å²) >= 11 is 0. The number of carbonyl (C=O) groups excluding carboxylic acids is 1. The van der Waals surface area contributed by atoms with Gasteiger partial charge in [0.2, 0.25) is 5.88 Å². The van der Waals surface area contributed by atoms with E-state index in [1.54, 1.807) is 19.2 Å². The zero-order chi connectivity index (χ0) is 14.3. The number of ketones is 1. The van der Waals surface area contributed by atoms with Crippen LogP contribution in [0.3, 0.4) is 0 Å². The maximum absolute atomic E-state index is 11.4. The van der Waals surface area contributed by atoms with Crippen LogP contribution in [0.5, 0.6) is 5.88 Å². The number of pyridine rings is 1. The average molecular weight is 257 g/mol. The van der Waals surface area contributed by atoms with Gasteiger partial charge in [0.15, 0.2) is 5.78 Å². The number of ether oxygens (including phenoxy) is 1. The summed E-state index contributed by atoms with van der Waals surface area (Å²) in [6, 6.07) is 13.1. The van der Waals surface area contributed by atoms with Crippen LogP contribution in [0.15, 0.2) is 42.5 Å². The van der Waals surface area contributed by atoms with Gasteiger partial charge in [-0.25, -0.2) is 4.98 Å². The summed E-state index contributed by atoms with van der Waals surface area (Å²) in [5.41, 5.74) is 2.32. The van der Waals surface area contributed by atoms with E-state index in [-0.39, 0.29) is 5.78 Å². The minimum atomic E-state index is 0.00267. The minimum Gasteiger partial charge on any atom is -0.481 e. The van der Waals surface area contributed by atoms with Gasteiger partial charge in [-0.05, 0) is 13.0 Å². The van der Waals surface area contributed by atoms with Crippen molar-refractivity contribution in [1.82, 2.24) is 4.98 Å². The van der Waals surface area contributed by atoms with Crippen LogP contribution in [-0.2, 0) is 0 Å². The number of benzene rings is 1. The fourth-order valence-corrected chi connectivity index (χ4v) is 1.57. The minimum absolute atomic E-state index is 0.00267. The number of Topliss-reactive ketones (excluding diaryl/α,β-unsaturated/α-hetero) is 1. The Morgan fingerprint density at radius 2 is 1.74 bits per heavy atom. The largest absolute Gasteiger partial charge is 0.481 e. The second-order valence-corrected chi connectivity index (χ2v) is 3.71. The van der Waals surface area contributed by atoms with E-state index in [9.17, 15) is 4.79 Å². The highest BCUT2D eigenvalue weighted by Crippen LogP contribution is 2.22. The van der Waals surface area contributed by atoms with Gasteiger partial charge in [0.05, 0.1) is 12.8 Å². The predicted molar refractivity (Wildman–Crippen MR) is 77.6 cm³/mol. The van der Waals surface area contributed by atoms with Crippen molar-refractivity contribution in [3.8, 4) is 17.1 Å². The SMILES string of the molecule is CC.COc1cc(C(C)=O)cc(-c2ccccc2)n1. The third kappa shape index (κ3) is 3.91. The van der Waals surface area contributed by atoms with Gasteiger partial charge in [0.25, 0.3) is 0 Å². The molecule has 0 amide bonds. The maximum atomic E-state index is 11.4. The zero-order valence-electron chi connectivity index (χ0n) is 11.8. The van der Waals surface area contributed by atoms with E-state index in [2.05, 4.69) is 4.98 Å². The Bertz CT molecular complexity index is 536. The van der Waals surface area contributed by atoms with Crippen molar-refractivity contribution in [3.63, 3.8) is 0 Å². The fraction of sp³-hybridized carbons (Fsp3) is 0.250. The Kier molecular flexibility index (Phi) is 5.73. The summed E-state index contributed by atoms with van der Waals surface area (Å²) in [6.07, 6.45) is 0. The smallest absolute Gasteiger partial charge is 0.214 e. The Labute approximate surface area is 114 Å². The van der Waals surface area contributed by atoms with Crippen LogP contribution < -0.4 is 4.74 Å². The molecule has 0 spiro atoms. The summed E-state index contributed by atoms with van der Waals surface area (Å²) in [5, 5.41) is 0. The molecule has 100 valence electrons. The molecule has 19 heavy (non-hydrogen) atoms. The summed E-state index contributed by atoms with van der Waals surface area (Å²) in [7, 11) is 1.54. The molecule has 1 heterocycles. The van der Waals surface area contributed by atoms with Gasteiger partial charge in [-0.15, -0.1) is 0 Å². The number of methoxy groups -OCH3 is 1. The Balaban J connectivity index is 0.000000861.